The summed E-state index contributed by atoms with van der Waals surface area (Å²) in [6.07, 6.45) is -3.15. The standard InChI is InChI=1S/C26H15BrClF4N7/c27-19-8-15(34-12-22-25(38-39-37-22)16-3-1-2-4-18(16)26(30,31)32)7-17-23(13(10-33)11-35-24(17)19)36-14-5-6-21(29)20(28)9-14/h1-9,11,34H,12H2,(H,35,36)(H,37,38,39). The van der Waals surface area contributed by atoms with Gasteiger partial charge in [0, 0.05) is 33.0 Å². The molecule has 7 nitrogen and oxygen atoms in total. The van der Waals surface area contributed by atoms with Crippen LogP contribution in [0.15, 0.2) is 65.3 Å². The summed E-state index contributed by atoms with van der Waals surface area (Å²) in [5.74, 6) is -0.582. The van der Waals surface area contributed by atoms with Gasteiger partial charge >= 0.3 is 6.18 Å². The minimum Gasteiger partial charge on any atom is -0.379 e. The first-order valence-electron chi connectivity index (χ1n) is 11.2. The number of benzene rings is 3. The fourth-order valence-electron chi connectivity index (χ4n) is 4.02. The SMILES string of the molecule is N#Cc1cnc2c(Br)cc(NCc3nn[nH]c3-c3ccccc3C(F)(F)F)cc2c1Nc1ccc(F)c(Cl)c1. The second-order valence-electron chi connectivity index (χ2n) is 8.30. The maximum absolute atomic E-state index is 13.7. The summed E-state index contributed by atoms with van der Waals surface area (Å²) in [6.45, 7) is 0.0394. The highest BCUT2D eigenvalue weighted by molar-refractivity contribution is 9.10. The van der Waals surface area contributed by atoms with E-state index >= 15 is 0 Å². The third-order valence-corrected chi connectivity index (χ3v) is 6.71. The lowest BCUT2D eigenvalue weighted by atomic mass is 10.0. The van der Waals surface area contributed by atoms with Crippen LogP contribution in [0.4, 0.5) is 34.6 Å². The highest BCUT2D eigenvalue weighted by Gasteiger charge is 2.34. The zero-order valence-electron chi connectivity index (χ0n) is 19.5. The van der Waals surface area contributed by atoms with Gasteiger partial charge < -0.3 is 10.6 Å². The minimum absolute atomic E-state index is 0.0394. The average Bonchev–Trinajstić information content (AvgIpc) is 3.38. The summed E-state index contributed by atoms with van der Waals surface area (Å²) in [5.41, 5.74) is 1.73. The zero-order chi connectivity index (χ0) is 27.7. The van der Waals surface area contributed by atoms with Crippen molar-refractivity contribution in [1.82, 2.24) is 20.4 Å². The Labute approximate surface area is 232 Å². The van der Waals surface area contributed by atoms with Crippen LogP contribution in [0.3, 0.4) is 0 Å². The summed E-state index contributed by atoms with van der Waals surface area (Å²) in [4.78, 5) is 4.37. The molecule has 13 heteroatoms. The normalized spacial score (nSPS) is 11.4. The van der Waals surface area contributed by atoms with Gasteiger partial charge in [0.1, 0.15) is 17.6 Å². The van der Waals surface area contributed by atoms with Gasteiger partial charge in [-0.2, -0.15) is 18.4 Å². The van der Waals surface area contributed by atoms with Crippen molar-refractivity contribution in [2.24, 2.45) is 0 Å². The predicted octanol–water partition coefficient (Wildman–Crippen LogP) is 7.82. The summed E-state index contributed by atoms with van der Waals surface area (Å²) in [7, 11) is 0. The number of hydrogen-bond acceptors (Lipinski definition) is 6. The Balaban J connectivity index is 1.50. The van der Waals surface area contributed by atoms with Gasteiger partial charge in [0.25, 0.3) is 0 Å². The molecule has 39 heavy (non-hydrogen) atoms. The number of nitrogens with one attached hydrogen (secondary N) is 3. The highest BCUT2D eigenvalue weighted by atomic mass is 79.9. The van der Waals surface area contributed by atoms with Crippen molar-refractivity contribution < 1.29 is 17.6 Å². The molecule has 2 aromatic heterocycles. The van der Waals surface area contributed by atoms with Gasteiger partial charge in [0.15, 0.2) is 0 Å². The number of aromatic nitrogens is 4. The number of aromatic amines is 1. The van der Waals surface area contributed by atoms with Crippen LogP contribution in [0.25, 0.3) is 22.2 Å². The van der Waals surface area contributed by atoms with Gasteiger partial charge in [-0.05, 0) is 52.3 Å². The van der Waals surface area contributed by atoms with E-state index in [0.717, 1.165) is 6.07 Å². The number of nitrogens with zero attached hydrogens (tertiary/aromatic N) is 4. The van der Waals surface area contributed by atoms with Crippen LogP contribution < -0.4 is 10.6 Å². The Morgan fingerprint density at radius 2 is 1.87 bits per heavy atom. The molecule has 0 bridgehead atoms. The van der Waals surface area contributed by atoms with E-state index in [9.17, 15) is 22.8 Å². The molecule has 0 fully saturated rings. The zero-order valence-corrected chi connectivity index (χ0v) is 21.9. The molecule has 2 heterocycles. The molecule has 5 rings (SSSR count). The van der Waals surface area contributed by atoms with Gasteiger partial charge in [-0.3, -0.25) is 10.1 Å². The van der Waals surface area contributed by atoms with Crippen molar-refractivity contribution in [2.45, 2.75) is 12.7 Å². The summed E-state index contributed by atoms with van der Waals surface area (Å²) >= 11 is 9.41. The van der Waals surface area contributed by atoms with Crippen LogP contribution in [0.2, 0.25) is 5.02 Å². The first-order chi connectivity index (χ1) is 18.7. The van der Waals surface area contributed by atoms with Crippen molar-refractivity contribution in [3.05, 3.63) is 92.9 Å². The number of hydrogen-bond donors (Lipinski definition) is 3. The molecule has 3 aromatic carbocycles. The van der Waals surface area contributed by atoms with Gasteiger partial charge in [0.05, 0.1) is 39.6 Å². The van der Waals surface area contributed by atoms with E-state index in [1.807, 2.05) is 0 Å². The Morgan fingerprint density at radius 3 is 2.62 bits per heavy atom. The molecule has 0 aliphatic carbocycles. The number of halogens is 6. The number of pyridine rings is 1. The third-order valence-electron chi connectivity index (χ3n) is 5.82. The Hall–Kier alpha value is -4.21. The lowest BCUT2D eigenvalue weighted by Crippen LogP contribution is -2.08. The molecular formula is C26H15BrClF4N7. The summed E-state index contributed by atoms with van der Waals surface area (Å²) in [5, 5.41) is 26.7. The topological polar surface area (TPSA) is 102 Å². The monoisotopic (exact) mass is 615 g/mol. The molecule has 0 atom stereocenters. The molecule has 0 spiro atoms. The van der Waals surface area contributed by atoms with Gasteiger partial charge in [-0.1, -0.05) is 35.0 Å². The van der Waals surface area contributed by atoms with E-state index in [4.69, 9.17) is 11.6 Å². The number of alkyl halides is 3. The first-order valence-corrected chi connectivity index (χ1v) is 12.4. The van der Waals surface area contributed by atoms with Crippen LogP contribution in [0, 0.1) is 17.1 Å². The van der Waals surface area contributed by atoms with E-state index in [1.165, 1.54) is 42.6 Å². The molecule has 3 N–H and O–H groups in total. The third kappa shape index (κ3) is 5.36. The minimum atomic E-state index is -4.56. The van der Waals surface area contributed by atoms with E-state index in [0.29, 0.717) is 32.4 Å². The van der Waals surface area contributed by atoms with Crippen molar-refractivity contribution in [1.29, 1.82) is 5.26 Å². The van der Waals surface area contributed by atoms with Gasteiger partial charge in [0.2, 0.25) is 0 Å². The number of anilines is 3. The second-order valence-corrected chi connectivity index (χ2v) is 9.56. The maximum atomic E-state index is 13.7. The molecule has 0 saturated heterocycles. The van der Waals surface area contributed by atoms with E-state index in [2.05, 4.69) is 53.0 Å². The largest absolute Gasteiger partial charge is 0.417 e. The molecule has 0 amide bonds. The molecule has 0 aliphatic heterocycles. The molecule has 0 aliphatic rings. The fraction of sp³-hybridized carbons (Fsp3) is 0.0769. The van der Waals surface area contributed by atoms with Crippen molar-refractivity contribution in [2.75, 3.05) is 10.6 Å². The summed E-state index contributed by atoms with van der Waals surface area (Å²) < 4.78 is 55.0. The number of fused-ring (bicyclic) bond motifs is 1. The van der Waals surface area contributed by atoms with Crippen LogP contribution in [-0.2, 0) is 12.7 Å². The first kappa shape index (κ1) is 26.4. The van der Waals surface area contributed by atoms with Gasteiger partial charge in [-0.25, -0.2) is 4.39 Å². The molecule has 5 aromatic rings. The predicted molar refractivity (Wildman–Crippen MR) is 143 cm³/mol. The van der Waals surface area contributed by atoms with Gasteiger partial charge in [-0.15, -0.1) is 5.10 Å². The Morgan fingerprint density at radius 1 is 1.08 bits per heavy atom. The van der Waals surface area contributed by atoms with Crippen LogP contribution in [0.1, 0.15) is 16.8 Å². The molecule has 0 saturated carbocycles. The van der Waals surface area contributed by atoms with Crippen LogP contribution in [-0.4, -0.2) is 20.4 Å². The average molecular weight is 617 g/mol. The van der Waals surface area contributed by atoms with E-state index in [1.54, 1.807) is 12.1 Å². The summed E-state index contributed by atoms with van der Waals surface area (Å²) in [6, 6.07) is 14.8. The Kier molecular flexibility index (Phi) is 7.12. The molecule has 0 radical (unpaired) electrons. The van der Waals surface area contributed by atoms with E-state index < -0.39 is 17.6 Å². The van der Waals surface area contributed by atoms with Crippen molar-refractivity contribution in [3.63, 3.8) is 0 Å². The molecule has 196 valence electrons. The molecular weight excluding hydrogens is 602 g/mol. The smallest absolute Gasteiger partial charge is 0.379 e. The van der Waals surface area contributed by atoms with Crippen LogP contribution >= 0.6 is 27.5 Å². The van der Waals surface area contributed by atoms with Crippen molar-refractivity contribution >= 4 is 55.5 Å². The number of H-pyrrole nitrogens is 1. The van der Waals surface area contributed by atoms with Crippen molar-refractivity contribution in [3.8, 4) is 17.3 Å². The quantitative estimate of drug-likeness (QED) is 0.168. The highest BCUT2D eigenvalue weighted by Crippen LogP contribution is 2.38. The van der Waals surface area contributed by atoms with E-state index in [-0.39, 0.29) is 34.1 Å². The van der Waals surface area contributed by atoms with Crippen LogP contribution in [0.5, 0.6) is 0 Å². The maximum Gasteiger partial charge on any atom is 0.417 e. The lowest BCUT2D eigenvalue weighted by Gasteiger charge is -2.15. The Bertz CT molecular complexity index is 1750. The molecule has 0 unspecified atom stereocenters. The second kappa shape index (κ2) is 10.5. The number of rotatable bonds is 6. The fourth-order valence-corrected chi connectivity index (χ4v) is 4.77. The lowest BCUT2D eigenvalue weighted by molar-refractivity contribution is -0.137. The number of nitriles is 1.